The minimum absolute atomic E-state index is 0.316. The molecule has 27 heavy (non-hydrogen) atoms. The molecular weight excluding hydrogens is 346 g/mol. The molecule has 0 aliphatic carbocycles. The summed E-state index contributed by atoms with van der Waals surface area (Å²) in [5, 5.41) is 4.29. The number of nitrogens with zero attached hydrogens (tertiary/aromatic N) is 3. The Morgan fingerprint density at radius 2 is 1.81 bits per heavy atom. The van der Waals surface area contributed by atoms with Gasteiger partial charge in [0.05, 0.1) is 27.5 Å². The van der Waals surface area contributed by atoms with Crippen molar-refractivity contribution in [1.82, 2.24) is 14.6 Å². The van der Waals surface area contributed by atoms with E-state index in [0.717, 1.165) is 29.7 Å². The first-order valence-corrected chi connectivity index (χ1v) is 8.56. The molecule has 0 atom stereocenters. The molecule has 0 aliphatic rings. The Labute approximate surface area is 158 Å². The molecule has 2 aromatic heterocycles. The number of benzene rings is 1. The third-order valence-corrected chi connectivity index (χ3v) is 4.10. The van der Waals surface area contributed by atoms with Gasteiger partial charge in [0, 0.05) is 17.8 Å². The van der Waals surface area contributed by atoms with Crippen LogP contribution in [0, 0.1) is 0 Å². The van der Waals surface area contributed by atoms with Crippen LogP contribution in [0.2, 0.25) is 0 Å². The van der Waals surface area contributed by atoms with Crippen molar-refractivity contribution >= 4 is 5.65 Å². The number of hydrogen-bond donors (Lipinski definition) is 0. The van der Waals surface area contributed by atoms with E-state index in [0.29, 0.717) is 29.7 Å². The topological polar surface area (TPSA) is 67.1 Å². The van der Waals surface area contributed by atoms with Crippen molar-refractivity contribution in [2.24, 2.45) is 0 Å². The number of ether oxygens (including phenoxy) is 4. The minimum atomic E-state index is 0.316. The monoisotopic (exact) mass is 369 g/mol. The molecule has 0 unspecified atom stereocenters. The van der Waals surface area contributed by atoms with E-state index in [1.807, 2.05) is 30.3 Å². The molecule has 0 saturated heterocycles. The van der Waals surface area contributed by atoms with Crippen molar-refractivity contribution in [3.8, 4) is 23.1 Å². The van der Waals surface area contributed by atoms with Crippen LogP contribution >= 0.6 is 0 Å². The lowest BCUT2D eigenvalue weighted by molar-refractivity contribution is 0.281. The van der Waals surface area contributed by atoms with Crippen molar-refractivity contribution in [3.63, 3.8) is 0 Å². The van der Waals surface area contributed by atoms with Crippen molar-refractivity contribution < 1.29 is 18.9 Å². The Morgan fingerprint density at radius 3 is 2.44 bits per heavy atom. The largest absolute Gasteiger partial charge is 0.493 e. The first kappa shape index (κ1) is 18.6. The maximum atomic E-state index is 6.04. The van der Waals surface area contributed by atoms with Gasteiger partial charge in [-0.1, -0.05) is 6.08 Å². The predicted octanol–water partition coefficient (Wildman–Crippen LogP) is 3.45. The van der Waals surface area contributed by atoms with Gasteiger partial charge in [0.25, 0.3) is 0 Å². The standard InChI is InChI=1S/C20H23N3O4/c1-5-6-7-15-12-19(23-18(22-15)8-9-21-23)27-13-14-10-16(24-2)20(26-4)17(11-14)25-3/h5,8-12H,1,6-7,13H2,2-4H3. The highest BCUT2D eigenvalue weighted by atomic mass is 16.5. The zero-order valence-electron chi connectivity index (χ0n) is 15.8. The maximum absolute atomic E-state index is 6.04. The second-order valence-corrected chi connectivity index (χ2v) is 5.84. The second kappa shape index (κ2) is 8.44. The fraction of sp³-hybridized carbons (Fsp3) is 0.300. The highest BCUT2D eigenvalue weighted by Gasteiger charge is 2.14. The van der Waals surface area contributed by atoms with Crippen molar-refractivity contribution in [2.75, 3.05) is 21.3 Å². The first-order valence-electron chi connectivity index (χ1n) is 8.56. The van der Waals surface area contributed by atoms with Crippen LogP contribution in [0.15, 0.2) is 43.1 Å². The molecule has 0 spiro atoms. The fourth-order valence-corrected chi connectivity index (χ4v) is 2.79. The molecule has 7 heteroatoms. The lowest BCUT2D eigenvalue weighted by Gasteiger charge is -2.15. The fourth-order valence-electron chi connectivity index (χ4n) is 2.79. The predicted molar refractivity (Wildman–Crippen MR) is 102 cm³/mol. The number of methoxy groups -OCH3 is 3. The van der Waals surface area contributed by atoms with Crippen LogP contribution in [0.3, 0.4) is 0 Å². The van der Waals surface area contributed by atoms with E-state index in [1.165, 1.54) is 0 Å². The average molecular weight is 369 g/mol. The van der Waals surface area contributed by atoms with Gasteiger partial charge in [-0.15, -0.1) is 6.58 Å². The smallest absolute Gasteiger partial charge is 0.218 e. The van der Waals surface area contributed by atoms with Crippen LogP contribution in [-0.2, 0) is 13.0 Å². The summed E-state index contributed by atoms with van der Waals surface area (Å²) in [6, 6.07) is 7.48. The molecule has 1 aromatic carbocycles. The number of aromatic nitrogens is 3. The highest BCUT2D eigenvalue weighted by molar-refractivity contribution is 5.53. The Balaban J connectivity index is 1.88. The molecule has 0 radical (unpaired) electrons. The summed E-state index contributed by atoms with van der Waals surface area (Å²) in [6.07, 6.45) is 5.22. The summed E-state index contributed by atoms with van der Waals surface area (Å²) in [4.78, 5) is 4.58. The van der Waals surface area contributed by atoms with Gasteiger partial charge in [-0.05, 0) is 30.5 Å². The average Bonchev–Trinajstić information content (AvgIpc) is 3.18. The van der Waals surface area contributed by atoms with Gasteiger partial charge in [0.15, 0.2) is 17.1 Å². The number of rotatable bonds is 9. The molecule has 0 aliphatic heterocycles. The highest BCUT2D eigenvalue weighted by Crippen LogP contribution is 2.38. The summed E-state index contributed by atoms with van der Waals surface area (Å²) in [7, 11) is 4.75. The van der Waals surface area contributed by atoms with E-state index in [4.69, 9.17) is 18.9 Å². The van der Waals surface area contributed by atoms with Crippen molar-refractivity contribution in [2.45, 2.75) is 19.4 Å². The zero-order chi connectivity index (χ0) is 19.2. The second-order valence-electron chi connectivity index (χ2n) is 5.84. The zero-order valence-corrected chi connectivity index (χ0v) is 15.8. The molecule has 7 nitrogen and oxygen atoms in total. The minimum Gasteiger partial charge on any atom is -0.493 e. The summed E-state index contributed by atoms with van der Waals surface area (Å²) in [5.74, 6) is 2.34. The van der Waals surface area contributed by atoms with E-state index in [9.17, 15) is 0 Å². The molecule has 0 N–H and O–H groups in total. The number of allylic oxidation sites excluding steroid dienone is 1. The van der Waals surface area contributed by atoms with Gasteiger partial charge in [0.2, 0.25) is 11.6 Å². The van der Waals surface area contributed by atoms with Gasteiger partial charge in [-0.2, -0.15) is 9.61 Å². The number of aryl methyl sites for hydroxylation is 1. The van der Waals surface area contributed by atoms with Crippen LogP contribution < -0.4 is 18.9 Å². The molecule has 0 bridgehead atoms. The van der Waals surface area contributed by atoms with Gasteiger partial charge in [-0.25, -0.2) is 4.98 Å². The quantitative estimate of drug-likeness (QED) is 0.538. The molecule has 0 amide bonds. The number of hydrogen-bond acceptors (Lipinski definition) is 6. The Kier molecular flexibility index (Phi) is 5.80. The van der Waals surface area contributed by atoms with E-state index in [-0.39, 0.29) is 0 Å². The van der Waals surface area contributed by atoms with Gasteiger partial charge in [-0.3, -0.25) is 0 Å². The Hall–Kier alpha value is -3.22. The summed E-state index contributed by atoms with van der Waals surface area (Å²) < 4.78 is 23.9. The molecule has 3 aromatic rings. The van der Waals surface area contributed by atoms with Crippen LogP contribution in [0.5, 0.6) is 23.1 Å². The maximum Gasteiger partial charge on any atom is 0.218 e. The molecule has 3 rings (SSSR count). The summed E-state index contributed by atoms with van der Waals surface area (Å²) in [6.45, 7) is 4.08. The van der Waals surface area contributed by atoms with Crippen LogP contribution in [0.1, 0.15) is 17.7 Å². The molecule has 0 saturated carbocycles. The lowest BCUT2D eigenvalue weighted by Crippen LogP contribution is -2.05. The van der Waals surface area contributed by atoms with Gasteiger partial charge >= 0.3 is 0 Å². The molecule has 2 heterocycles. The van der Waals surface area contributed by atoms with Gasteiger partial charge in [0.1, 0.15) is 6.61 Å². The summed E-state index contributed by atoms with van der Waals surface area (Å²) in [5.41, 5.74) is 2.56. The van der Waals surface area contributed by atoms with E-state index in [1.54, 1.807) is 32.0 Å². The normalized spacial score (nSPS) is 10.6. The van der Waals surface area contributed by atoms with Crippen molar-refractivity contribution in [1.29, 1.82) is 0 Å². The van der Waals surface area contributed by atoms with Crippen molar-refractivity contribution in [3.05, 3.63) is 54.4 Å². The van der Waals surface area contributed by atoms with E-state index < -0.39 is 0 Å². The molecule has 0 fully saturated rings. The van der Waals surface area contributed by atoms with E-state index in [2.05, 4.69) is 16.7 Å². The Morgan fingerprint density at radius 1 is 1.07 bits per heavy atom. The van der Waals surface area contributed by atoms with Crippen LogP contribution in [0.25, 0.3) is 5.65 Å². The lowest BCUT2D eigenvalue weighted by atomic mass is 10.2. The van der Waals surface area contributed by atoms with Crippen LogP contribution in [-0.4, -0.2) is 35.9 Å². The third kappa shape index (κ3) is 3.97. The third-order valence-electron chi connectivity index (χ3n) is 4.10. The SMILES string of the molecule is C=CCCc1cc(OCc2cc(OC)c(OC)c(OC)c2)n2nccc2n1. The molecule has 142 valence electrons. The Bertz CT molecular complexity index is 911. The summed E-state index contributed by atoms with van der Waals surface area (Å²) >= 11 is 0. The van der Waals surface area contributed by atoms with E-state index >= 15 is 0 Å². The molecular formula is C20H23N3O4. The first-order chi connectivity index (χ1) is 13.2. The van der Waals surface area contributed by atoms with Crippen LogP contribution in [0.4, 0.5) is 0 Å². The number of fused-ring (bicyclic) bond motifs is 1. The van der Waals surface area contributed by atoms with Gasteiger partial charge < -0.3 is 18.9 Å².